The van der Waals surface area contributed by atoms with E-state index in [1.54, 1.807) is 7.11 Å². The first-order valence-electron chi connectivity index (χ1n) is 8.88. The number of carbonyl (C=O) groups excluding carboxylic acids is 1. The van der Waals surface area contributed by atoms with E-state index in [2.05, 4.69) is 27.7 Å². The van der Waals surface area contributed by atoms with Crippen molar-refractivity contribution < 1.29 is 49.2 Å². The molecule has 0 aromatic rings. The fraction of sp³-hybridized carbons (Fsp3) is 0.778. The van der Waals surface area contributed by atoms with Crippen LogP contribution in [0.15, 0.2) is 0 Å². The van der Waals surface area contributed by atoms with E-state index >= 15 is 0 Å². The van der Waals surface area contributed by atoms with E-state index in [1.807, 2.05) is 5.06 Å². The van der Waals surface area contributed by atoms with E-state index in [0.717, 1.165) is 12.8 Å². The van der Waals surface area contributed by atoms with Gasteiger partial charge in [0.05, 0.1) is 20.0 Å². The van der Waals surface area contributed by atoms with Crippen molar-refractivity contribution >= 4 is 53.4 Å². The van der Waals surface area contributed by atoms with Gasteiger partial charge >= 0.3 is 53.4 Å². The number of hydroxylamine groups is 2. The molecule has 0 aromatic heterocycles. The third kappa shape index (κ3) is 9.71. The third-order valence-corrected chi connectivity index (χ3v) is 4.35. The summed E-state index contributed by atoms with van der Waals surface area (Å²) in [5.74, 6) is -5.22. The number of esters is 1. The molecule has 0 saturated carbocycles. The zero-order valence-corrected chi connectivity index (χ0v) is 17.6. The Morgan fingerprint density at radius 1 is 0.967 bits per heavy atom. The second-order valence-electron chi connectivity index (χ2n) is 8.22. The molecule has 0 unspecified atom stereocenters. The molecule has 0 radical (unpaired) electrons. The number of ether oxygens (including phenoxy) is 1. The van der Waals surface area contributed by atoms with E-state index in [-0.39, 0.29) is 52.7 Å². The molecule has 11 nitrogen and oxygen atoms in total. The molecule has 1 aliphatic heterocycles. The third-order valence-electron chi connectivity index (χ3n) is 4.35. The number of carboxylic acids is 3. The number of hydrogen-bond acceptors (Lipinski definition) is 8. The molecule has 12 heteroatoms. The van der Waals surface area contributed by atoms with Crippen LogP contribution in [-0.4, -0.2) is 109 Å². The summed E-state index contributed by atoms with van der Waals surface area (Å²) in [7, 11) is 1.69. The standard InChI is InChI=1S/C12H23NO3.C6H8O7.Na.H/c1-9(14)16-10-7-11(2,3)13(15-6)12(4,5)8-10;7-3(8)1-6(13,5(11)12)2-4(9)10;;/h10H,7-8H2,1-6H3;13H,1-2H2,(H,7,8)(H,9,10)(H,11,12);;. The van der Waals surface area contributed by atoms with Gasteiger partial charge in [-0.1, -0.05) is 0 Å². The van der Waals surface area contributed by atoms with E-state index < -0.39 is 36.4 Å². The van der Waals surface area contributed by atoms with Crippen molar-refractivity contribution in [2.24, 2.45) is 0 Å². The number of carboxylic acid groups (broad SMARTS) is 3. The fourth-order valence-corrected chi connectivity index (χ4v) is 3.70. The molecule has 1 heterocycles. The van der Waals surface area contributed by atoms with Crippen LogP contribution >= 0.6 is 0 Å². The number of aliphatic carboxylic acids is 3. The second kappa shape index (κ2) is 12.0. The van der Waals surface area contributed by atoms with Crippen molar-refractivity contribution in [2.45, 2.75) is 83.1 Å². The zero-order valence-electron chi connectivity index (χ0n) is 17.6. The molecule has 1 aliphatic rings. The summed E-state index contributed by atoms with van der Waals surface area (Å²) in [6.45, 7) is 9.88. The van der Waals surface area contributed by atoms with Crippen LogP contribution in [0, 0.1) is 0 Å². The molecule has 0 atom stereocenters. The van der Waals surface area contributed by atoms with Crippen LogP contribution in [0.1, 0.15) is 60.3 Å². The Labute approximate surface area is 197 Å². The van der Waals surface area contributed by atoms with Gasteiger partial charge in [0.25, 0.3) is 0 Å². The van der Waals surface area contributed by atoms with Gasteiger partial charge in [-0.15, -0.1) is 0 Å². The van der Waals surface area contributed by atoms with Crippen molar-refractivity contribution in [3.63, 3.8) is 0 Å². The summed E-state index contributed by atoms with van der Waals surface area (Å²) >= 11 is 0. The molecule has 170 valence electrons. The van der Waals surface area contributed by atoms with Crippen molar-refractivity contribution in [1.82, 2.24) is 5.06 Å². The maximum absolute atomic E-state index is 11.0. The topological polar surface area (TPSA) is 171 Å². The molecule has 1 rings (SSSR count). The molecule has 1 saturated heterocycles. The quantitative estimate of drug-likeness (QED) is 0.312. The van der Waals surface area contributed by atoms with E-state index in [9.17, 15) is 19.2 Å². The van der Waals surface area contributed by atoms with Crippen LogP contribution < -0.4 is 0 Å². The van der Waals surface area contributed by atoms with Gasteiger partial charge in [-0.3, -0.25) is 14.4 Å². The Morgan fingerprint density at radius 3 is 1.57 bits per heavy atom. The van der Waals surface area contributed by atoms with Gasteiger partial charge in [-0.25, -0.2) is 4.79 Å². The van der Waals surface area contributed by atoms with Crippen LogP contribution in [0.2, 0.25) is 0 Å². The SMILES string of the molecule is CON1C(C)(C)CC(OC(C)=O)CC1(C)C.O=C(O)CC(O)(CC(=O)O)C(=O)O.[NaH]. The summed E-state index contributed by atoms with van der Waals surface area (Å²) in [4.78, 5) is 47.0. The average Bonchev–Trinajstić information content (AvgIpc) is 2.42. The van der Waals surface area contributed by atoms with Crippen molar-refractivity contribution in [2.75, 3.05) is 7.11 Å². The zero-order chi connectivity index (χ0) is 23.2. The fourth-order valence-electron chi connectivity index (χ4n) is 3.70. The summed E-state index contributed by atoms with van der Waals surface area (Å²) in [6, 6.07) is 0. The van der Waals surface area contributed by atoms with Gasteiger partial charge in [-0.05, 0) is 27.7 Å². The van der Waals surface area contributed by atoms with Gasteiger partial charge in [0.2, 0.25) is 0 Å². The molecular weight excluding hydrogens is 413 g/mol. The average molecular weight is 445 g/mol. The van der Waals surface area contributed by atoms with Crippen molar-refractivity contribution in [1.29, 1.82) is 0 Å². The summed E-state index contributed by atoms with van der Waals surface area (Å²) in [5.41, 5.74) is -3.00. The van der Waals surface area contributed by atoms with Crippen molar-refractivity contribution in [3.8, 4) is 0 Å². The molecule has 30 heavy (non-hydrogen) atoms. The first-order valence-corrected chi connectivity index (χ1v) is 8.88. The number of rotatable bonds is 7. The molecule has 1 fully saturated rings. The normalized spacial score (nSPS) is 18.2. The Balaban J connectivity index is 0. The maximum atomic E-state index is 11.0. The Morgan fingerprint density at radius 2 is 1.33 bits per heavy atom. The van der Waals surface area contributed by atoms with Gasteiger partial charge in [0, 0.05) is 30.8 Å². The van der Waals surface area contributed by atoms with Crippen LogP contribution in [0.4, 0.5) is 0 Å². The summed E-state index contributed by atoms with van der Waals surface area (Å²) in [6.07, 6.45) is -0.717. The van der Waals surface area contributed by atoms with Crippen LogP contribution in [0.3, 0.4) is 0 Å². The van der Waals surface area contributed by atoms with Gasteiger partial charge < -0.3 is 30.0 Å². The summed E-state index contributed by atoms with van der Waals surface area (Å²) < 4.78 is 5.33. The Hall–Kier alpha value is -1.24. The minimum absolute atomic E-state index is 0. The first-order chi connectivity index (χ1) is 13.0. The molecule has 0 aromatic carbocycles. The van der Waals surface area contributed by atoms with Crippen LogP contribution in [0.5, 0.6) is 0 Å². The van der Waals surface area contributed by atoms with Gasteiger partial charge in [0.1, 0.15) is 6.10 Å². The van der Waals surface area contributed by atoms with E-state index in [1.165, 1.54) is 6.92 Å². The van der Waals surface area contributed by atoms with Gasteiger partial charge in [0.15, 0.2) is 5.60 Å². The molecule has 0 bridgehead atoms. The van der Waals surface area contributed by atoms with Crippen LogP contribution in [0.25, 0.3) is 0 Å². The number of piperidine rings is 1. The Bertz CT molecular complexity index is 600. The molecule has 4 N–H and O–H groups in total. The van der Waals surface area contributed by atoms with Crippen LogP contribution in [-0.2, 0) is 28.8 Å². The first kappa shape index (κ1) is 30.9. The number of aliphatic hydroxyl groups is 1. The molecule has 0 aliphatic carbocycles. The predicted molar refractivity (Wildman–Crippen MR) is 106 cm³/mol. The van der Waals surface area contributed by atoms with Crippen molar-refractivity contribution in [3.05, 3.63) is 0 Å². The minimum atomic E-state index is -2.74. The van der Waals surface area contributed by atoms with E-state index in [0.29, 0.717) is 0 Å². The molecule has 0 spiro atoms. The molecular formula is C18H32NNaO10. The van der Waals surface area contributed by atoms with E-state index in [4.69, 9.17) is 30.0 Å². The molecule has 0 amide bonds. The number of carbonyl (C=O) groups is 4. The van der Waals surface area contributed by atoms with Gasteiger partial charge in [-0.2, -0.15) is 5.06 Å². The Kier molecular flexibility index (Phi) is 12.3. The summed E-state index contributed by atoms with van der Waals surface area (Å²) in [5, 5.41) is 35.8. The number of nitrogens with zero attached hydrogens (tertiary/aromatic N) is 1. The second-order valence-corrected chi connectivity index (χ2v) is 8.22. The predicted octanol–water partition coefficient (Wildman–Crippen LogP) is 0.236. The number of hydrogen-bond donors (Lipinski definition) is 4. The monoisotopic (exact) mass is 445 g/mol.